The van der Waals surface area contributed by atoms with Gasteiger partial charge in [0.25, 0.3) is 0 Å². The van der Waals surface area contributed by atoms with E-state index in [9.17, 15) is 4.79 Å². The van der Waals surface area contributed by atoms with Crippen molar-refractivity contribution in [3.8, 4) is 0 Å². The molecule has 0 aromatic rings. The van der Waals surface area contributed by atoms with Gasteiger partial charge in [0.1, 0.15) is 0 Å². The molecule has 0 atom stereocenters. The highest BCUT2D eigenvalue weighted by atomic mass is 16.4. The molecule has 0 heterocycles. The molecule has 0 aliphatic heterocycles. The Bertz CT molecular complexity index is 327. The van der Waals surface area contributed by atoms with E-state index in [1.54, 1.807) is 0 Å². The van der Waals surface area contributed by atoms with Crippen LogP contribution >= 0.6 is 0 Å². The Hall–Kier alpha value is -0.570. The minimum absolute atomic E-state index is 0.317. The van der Waals surface area contributed by atoms with Crippen LogP contribution < -0.4 is 0 Å². The molecule has 0 saturated heterocycles. The summed E-state index contributed by atoms with van der Waals surface area (Å²) in [5, 5.41) is 16.7. The van der Waals surface area contributed by atoms with Gasteiger partial charge >= 0.3 is 5.97 Å². The summed E-state index contributed by atoms with van der Waals surface area (Å²) in [7, 11) is 0. The van der Waals surface area contributed by atoms with Gasteiger partial charge in [-0.3, -0.25) is 4.79 Å². The van der Waals surface area contributed by atoms with Gasteiger partial charge in [0.05, 0.1) is 12.0 Å². The lowest BCUT2D eigenvalue weighted by atomic mass is 9.96. The molecule has 2 N–H and O–H groups in total. The van der Waals surface area contributed by atoms with E-state index in [4.69, 9.17) is 10.2 Å². The van der Waals surface area contributed by atoms with Crippen molar-refractivity contribution in [1.29, 1.82) is 0 Å². The zero-order valence-electron chi connectivity index (χ0n) is 26.2. The van der Waals surface area contributed by atoms with Crippen molar-refractivity contribution in [2.24, 2.45) is 5.41 Å². The third-order valence-electron chi connectivity index (χ3n) is 8.47. The van der Waals surface area contributed by atoms with E-state index in [0.717, 1.165) is 0 Å². The molecule has 0 unspecified atom stereocenters. The number of aliphatic hydroxyl groups is 1. The first-order chi connectivity index (χ1) is 18.5. The lowest BCUT2D eigenvalue weighted by Gasteiger charge is -2.13. The first-order valence-corrected chi connectivity index (χ1v) is 17.3. The monoisotopic (exact) mass is 539 g/mol. The van der Waals surface area contributed by atoms with E-state index >= 15 is 0 Å². The maximum atomic E-state index is 10.1. The van der Waals surface area contributed by atoms with E-state index < -0.39 is 11.4 Å². The summed E-state index contributed by atoms with van der Waals surface area (Å²) < 4.78 is 0. The van der Waals surface area contributed by atoms with Crippen molar-refractivity contribution in [3.05, 3.63) is 0 Å². The van der Waals surface area contributed by atoms with Gasteiger partial charge in [-0.15, -0.1) is 0 Å². The topological polar surface area (TPSA) is 57.5 Å². The SMILES string of the molecule is C1CCCCCCCCC1.C1CCCCCCCCC1.C1CCCCCCCCC1.CC(C)(CO)C(=O)O. The maximum Gasteiger partial charge on any atom is 0.311 e. The van der Waals surface area contributed by atoms with Gasteiger partial charge in [-0.25, -0.2) is 0 Å². The van der Waals surface area contributed by atoms with E-state index in [0.29, 0.717) is 0 Å². The van der Waals surface area contributed by atoms with Gasteiger partial charge in [-0.05, 0) is 13.8 Å². The highest BCUT2D eigenvalue weighted by molar-refractivity contribution is 5.73. The van der Waals surface area contributed by atoms with Gasteiger partial charge < -0.3 is 10.2 Å². The Kier molecular flexibility index (Phi) is 29.0. The molecule has 3 heteroatoms. The number of carboxylic acids is 1. The van der Waals surface area contributed by atoms with Crippen LogP contribution in [0.2, 0.25) is 0 Å². The summed E-state index contributed by atoms with van der Waals surface area (Å²) in [6.45, 7) is 2.62. The zero-order valence-corrected chi connectivity index (χ0v) is 26.2. The molecule has 3 aliphatic rings. The van der Waals surface area contributed by atoms with Crippen LogP contribution in [0.25, 0.3) is 0 Å². The smallest absolute Gasteiger partial charge is 0.311 e. The fraction of sp³-hybridized carbons (Fsp3) is 0.971. The Morgan fingerprint density at radius 2 is 0.500 bits per heavy atom. The number of aliphatic carboxylic acids is 1. The quantitative estimate of drug-likeness (QED) is 0.367. The normalized spacial score (nSPS) is 21.3. The molecule has 3 nitrogen and oxygen atoms in total. The van der Waals surface area contributed by atoms with Crippen LogP contribution in [-0.4, -0.2) is 22.8 Å². The second kappa shape index (κ2) is 29.4. The third-order valence-corrected chi connectivity index (χ3v) is 8.47. The van der Waals surface area contributed by atoms with Gasteiger partial charge in [0.15, 0.2) is 0 Å². The summed E-state index contributed by atoms with van der Waals surface area (Å²) in [6.07, 6.45) is 45.0. The van der Waals surface area contributed by atoms with Crippen molar-refractivity contribution in [2.45, 2.75) is 206 Å². The van der Waals surface area contributed by atoms with Gasteiger partial charge in [0, 0.05) is 0 Å². The third kappa shape index (κ3) is 28.4. The van der Waals surface area contributed by atoms with E-state index in [1.807, 2.05) is 0 Å². The average Bonchev–Trinajstić information content (AvgIpc) is 2.95. The van der Waals surface area contributed by atoms with Crippen LogP contribution in [-0.2, 0) is 4.79 Å². The molecule has 38 heavy (non-hydrogen) atoms. The van der Waals surface area contributed by atoms with Crippen LogP contribution in [0.5, 0.6) is 0 Å². The van der Waals surface area contributed by atoms with Crippen LogP contribution in [0.1, 0.15) is 206 Å². The van der Waals surface area contributed by atoms with Crippen LogP contribution in [0, 0.1) is 5.41 Å². The fourth-order valence-corrected chi connectivity index (χ4v) is 5.37. The molecule has 0 aromatic carbocycles. The lowest BCUT2D eigenvalue weighted by Crippen LogP contribution is -2.27. The second-order valence-electron chi connectivity index (χ2n) is 13.0. The molecule has 0 radical (unpaired) electrons. The summed E-state index contributed by atoms with van der Waals surface area (Å²) in [5.41, 5.74) is -0.986. The van der Waals surface area contributed by atoms with Crippen LogP contribution in [0.4, 0.5) is 0 Å². The summed E-state index contributed by atoms with van der Waals surface area (Å²) in [6, 6.07) is 0. The standard InChI is InChI=1S/3C10H20.C5H10O3/c3*1-2-4-6-8-10-9-7-5-3-1;1-5(2,3-6)4(7)8/h3*1-10H2;6H,3H2,1-2H3,(H,7,8). The Labute approximate surface area is 239 Å². The number of carbonyl (C=O) groups is 1. The molecule has 0 aromatic heterocycles. The van der Waals surface area contributed by atoms with Crippen molar-refractivity contribution in [1.82, 2.24) is 0 Å². The molecule has 3 aliphatic carbocycles. The summed E-state index contributed by atoms with van der Waals surface area (Å²) in [4.78, 5) is 10.1. The first-order valence-electron chi connectivity index (χ1n) is 17.3. The average molecular weight is 539 g/mol. The molecule has 0 amide bonds. The second-order valence-corrected chi connectivity index (χ2v) is 13.0. The van der Waals surface area contributed by atoms with Crippen LogP contribution in [0.15, 0.2) is 0 Å². The van der Waals surface area contributed by atoms with Crippen LogP contribution in [0.3, 0.4) is 0 Å². The minimum Gasteiger partial charge on any atom is -0.481 e. The summed E-state index contributed by atoms with van der Waals surface area (Å²) >= 11 is 0. The predicted octanol–water partition coefficient (Wildman–Crippen LogP) is 11.8. The van der Waals surface area contributed by atoms with E-state index in [-0.39, 0.29) is 6.61 Å². The first kappa shape index (κ1) is 37.4. The van der Waals surface area contributed by atoms with Crippen molar-refractivity contribution < 1.29 is 15.0 Å². The number of rotatable bonds is 2. The molecular weight excluding hydrogens is 468 g/mol. The lowest BCUT2D eigenvalue weighted by molar-refractivity contribution is -0.148. The molecule has 0 spiro atoms. The van der Waals surface area contributed by atoms with E-state index in [1.165, 1.54) is 206 Å². The molecule has 3 rings (SSSR count). The fourth-order valence-electron chi connectivity index (χ4n) is 5.37. The van der Waals surface area contributed by atoms with Gasteiger partial charge in [0.2, 0.25) is 0 Å². The Morgan fingerprint density at radius 3 is 0.526 bits per heavy atom. The van der Waals surface area contributed by atoms with Crippen molar-refractivity contribution >= 4 is 5.97 Å². The highest BCUT2D eigenvalue weighted by Crippen LogP contribution is 2.17. The Balaban J connectivity index is 0.000000483. The summed E-state index contributed by atoms with van der Waals surface area (Å²) in [5.74, 6) is -0.972. The van der Waals surface area contributed by atoms with Gasteiger partial charge in [-0.2, -0.15) is 0 Å². The number of hydrogen-bond acceptors (Lipinski definition) is 2. The van der Waals surface area contributed by atoms with Gasteiger partial charge in [-0.1, -0.05) is 193 Å². The molecular formula is C35H70O3. The maximum absolute atomic E-state index is 10.1. The number of carboxylic acid groups (broad SMARTS) is 1. The molecule has 0 bridgehead atoms. The largest absolute Gasteiger partial charge is 0.481 e. The molecule has 3 saturated carbocycles. The molecule has 228 valence electrons. The minimum atomic E-state index is -0.986. The zero-order chi connectivity index (χ0) is 28.0. The number of aliphatic hydroxyl groups excluding tert-OH is 1. The van der Waals surface area contributed by atoms with Crippen molar-refractivity contribution in [2.75, 3.05) is 6.61 Å². The van der Waals surface area contributed by atoms with E-state index in [2.05, 4.69) is 0 Å². The molecule has 3 fully saturated rings. The van der Waals surface area contributed by atoms with Crippen molar-refractivity contribution in [3.63, 3.8) is 0 Å². The highest BCUT2D eigenvalue weighted by Gasteiger charge is 2.25. The predicted molar refractivity (Wildman–Crippen MR) is 167 cm³/mol. The number of hydrogen-bond donors (Lipinski definition) is 2. The Morgan fingerprint density at radius 1 is 0.395 bits per heavy atom.